The molecule has 0 aliphatic carbocycles. The minimum Gasteiger partial charge on any atom is -0.487 e. The zero-order valence-electron chi connectivity index (χ0n) is 55.1. The van der Waals surface area contributed by atoms with Crippen molar-refractivity contribution in [1.29, 1.82) is 0 Å². The third-order valence-electron chi connectivity index (χ3n) is 16.9. The average molecular weight is 1330 g/mol. The van der Waals surface area contributed by atoms with Crippen LogP contribution in [-0.2, 0) is 36.6 Å². The van der Waals surface area contributed by atoms with Gasteiger partial charge in [-0.1, -0.05) is 78.9 Å². The van der Waals surface area contributed by atoms with Gasteiger partial charge in [-0.15, -0.1) is 0 Å². The van der Waals surface area contributed by atoms with Gasteiger partial charge in [0.25, 0.3) is 0 Å². The molecule has 0 saturated carbocycles. The Hall–Kier alpha value is -10.5. The minimum absolute atomic E-state index is 0.0201. The molecule has 15 rings (SSSR count). The minimum atomic E-state index is -0.318. The maximum absolute atomic E-state index is 12.3. The lowest BCUT2D eigenvalue weighted by atomic mass is 9.76. The van der Waals surface area contributed by atoms with Crippen LogP contribution in [0.1, 0.15) is 72.6 Å². The van der Waals surface area contributed by atoms with Crippen molar-refractivity contribution in [3.05, 3.63) is 249 Å². The second-order valence-corrected chi connectivity index (χ2v) is 25.3. The molecule has 1 saturated heterocycles. The van der Waals surface area contributed by atoms with E-state index in [1.165, 1.54) is 0 Å². The van der Waals surface area contributed by atoms with Crippen LogP contribution in [0.4, 0.5) is 0 Å². The first-order valence-electron chi connectivity index (χ1n) is 31.1. The molecular formula is C73H73BBrN15O5. The predicted molar refractivity (Wildman–Crippen MR) is 376 cm³/mol. The molecule has 14 aromatic rings. The van der Waals surface area contributed by atoms with Crippen LogP contribution in [0.25, 0.3) is 72.7 Å². The lowest BCUT2D eigenvalue weighted by Gasteiger charge is -2.32. The summed E-state index contributed by atoms with van der Waals surface area (Å²) < 4.78 is 34.1. The van der Waals surface area contributed by atoms with Gasteiger partial charge in [-0.3, -0.25) is 19.3 Å². The second kappa shape index (κ2) is 27.2. The van der Waals surface area contributed by atoms with Gasteiger partial charge in [0.1, 0.15) is 57.0 Å². The molecule has 2 N–H and O–H groups in total. The molecule has 0 atom stereocenters. The van der Waals surface area contributed by atoms with Crippen LogP contribution >= 0.6 is 15.9 Å². The summed E-state index contributed by atoms with van der Waals surface area (Å²) in [5, 5.41) is 29.3. The Bertz CT molecular complexity index is 5050. The van der Waals surface area contributed by atoms with Gasteiger partial charge in [-0.25, -0.2) is 24.0 Å². The first kappa shape index (κ1) is 64.6. The second-order valence-electron chi connectivity index (χ2n) is 24.5. The number of aryl methyl sites for hydroxylation is 8. The molecule has 0 radical (unpaired) electrons. The van der Waals surface area contributed by atoms with Crippen molar-refractivity contribution >= 4 is 61.6 Å². The number of pyridine rings is 3. The van der Waals surface area contributed by atoms with E-state index < -0.39 is 0 Å². The van der Waals surface area contributed by atoms with Crippen LogP contribution in [0.2, 0.25) is 0 Å². The highest BCUT2D eigenvalue weighted by Gasteiger charge is 2.52. The molecule has 10 heterocycles. The summed E-state index contributed by atoms with van der Waals surface area (Å²) >= 11 is 3.40. The van der Waals surface area contributed by atoms with Crippen molar-refractivity contribution in [2.75, 3.05) is 0 Å². The van der Waals surface area contributed by atoms with Gasteiger partial charge >= 0.3 is 7.12 Å². The predicted octanol–water partition coefficient (Wildman–Crippen LogP) is 13.8. The molecule has 1 fully saturated rings. The van der Waals surface area contributed by atoms with Gasteiger partial charge in [0.15, 0.2) is 11.3 Å². The van der Waals surface area contributed by atoms with Gasteiger partial charge in [0, 0.05) is 97.7 Å². The highest BCUT2D eigenvalue weighted by molar-refractivity contribution is 9.10. The summed E-state index contributed by atoms with van der Waals surface area (Å²) in [4.78, 5) is 24.8. The van der Waals surface area contributed by atoms with Gasteiger partial charge in [0.2, 0.25) is 5.43 Å². The number of aromatic nitrogens is 15. The largest absolute Gasteiger partial charge is 0.495 e. The molecule has 480 valence electrons. The number of hydrogen-bond acceptors (Lipinski definition) is 13. The summed E-state index contributed by atoms with van der Waals surface area (Å²) in [7, 11) is 3.41. The number of ether oxygens (including phenoxy) is 2. The Morgan fingerprint density at radius 1 is 0.526 bits per heavy atom. The fraction of sp³-hybridized carbons (Fsp3) is 0.219. The summed E-state index contributed by atoms with van der Waals surface area (Å²) in [5.74, 6) is 1.53. The number of benzene rings is 5. The number of halogens is 1. The van der Waals surface area contributed by atoms with Crippen molar-refractivity contribution in [2.24, 2.45) is 14.1 Å². The smallest absolute Gasteiger partial charge is 0.487 e. The number of nitrogens with one attached hydrogen (secondary N) is 2. The molecule has 22 heteroatoms. The molecular weight excluding hydrogens is 1260 g/mol. The van der Waals surface area contributed by atoms with Crippen molar-refractivity contribution in [2.45, 2.75) is 93.7 Å². The SMILES string of the molecule is Cc1cc(-n2cccn2)ccc1B1OC(C)(C)C(C)(C)O1.Cc1cc(=O)c2c([nH]1)c(-c1ccc(-n3cccn3)cc1C)nn2C.Cc1cc(OCc2ccccc2)c2c(n1)c(-c1ccc(-n3cccn3)cc1C)nn2C.Cc1cc(OCc2ccccc2)c2n[nH]c(Br)c2n1. The van der Waals surface area contributed by atoms with Crippen molar-refractivity contribution in [1.82, 2.24) is 74.1 Å². The van der Waals surface area contributed by atoms with Gasteiger partial charge in [-0.05, 0) is 173 Å². The number of rotatable bonds is 12. The van der Waals surface area contributed by atoms with Crippen LogP contribution in [0.15, 0.2) is 198 Å². The van der Waals surface area contributed by atoms with Crippen molar-refractivity contribution < 1.29 is 18.8 Å². The lowest BCUT2D eigenvalue weighted by Crippen LogP contribution is -2.41. The molecule has 0 bridgehead atoms. The fourth-order valence-corrected chi connectivity index (χ4v) is 11.7. The van der Waals surface area contributed by atoms with Crippen LogP contribution < -0.4 is 20.4 Å². The Balaban J connectivity index is 0.000000123. The van der Waals surface area contributed by atoms with E-state index in [1.807, 2.05) is 169 Å². The summed E-state index contributed by atoms with van der Waals surface area (Å²) in [6.45, 7) is 21.3. The Morgan fingerprint density at radius 3 is 1.52 bits per heavy atom. The third kappa shape index (κ3) is 13.9. The molecule has 0 spiro atoms. The zero-order valence-corrected chi connectivity index (χ0v) is 56.7. The highest BCUT2D eigenvalue weighted by atomic mass is 79.9. The summed E-state index contributed by atoms with van der Waals surface area (Å²) in [6.07, 6.45) is 11.1. The molecule has 1 aliphatic rings. The Labute approximate surface area is 558 Å². The first-order chi connectivity index (χ1) is 45.7. The maximum Gasteiger partial charge on any atom is 0.495 e. The van der Waals surface area contributed by atoms with E-state index in [4.69, 9.17) is 28.9 Å². The lowest BCUT2D eigenvalue weighted by molar-refractivity contribution is 0.00578. The zero-order chi connectivity index (χ0) is 66.7. The molecule has 0 amide bonds. The Kier molecular flexibility index (Phi) is 18.5. The van der Waals surface area contributed by atoms with Crippen LogP contribution in [-0.4, -0.2) is 92.4 Å². The monoisotopic (exact) mass is 1330 g/mol. The van der Waals surface area contributed by atoms with Crippen molar-refractivity contribution in [3.63, 3.8) is 0 Å². The Morgan fingerprint density at radius 2 is 1.00 bits per heavy atom. The molecule has 5 aromatic carbocycles. The van der Waals surface area contributed by atoms with Crippen molar-refractivity contribution in [3.8, 4) is 51.1 Å². The average Bonchev–Trinajstić information content (AvgIpc) is 1.65. The van der Waals surface area contributed by atoms with Crippen LogP contribution in [0.3, 0.4) is 0 Å². The molecule has 20 nitrogen and oxygen atoms in total. The van der Waals surface area contributed by atoms with Gasteiger partial charge < -0.3 is 23.8 Å². The van der Waals surface area contributed by atoms with Crippen LogP contribution in [0, 0.1) is 41.5 Å². The summed E-state index contributed by atoms with van der Waals surface area (Å²) in [6, 6.07) is 50.0. The standard InChI is InChI=1S/C25H23N5O.C18H17N5O.C16H21BN2O2.C14H12BrN3O/c1-17-14-20(30-13-7-12-26-30)10-11-21(17)23-24-25(29(3)28-23)22(15-18(2)27-24)31-16-19-8-5-4-6-9-19;1-11-9-13(23-8-4-7-19-23)5-6-14(11)16-17-18(22(3)21-16)15(24)10-12(2)20-17;1-12-11-13(19-10-6-9-18-19)7-8-14(12)17-20-15(2,3)16(4,5)21-17;1-9-7-11(12-13(16-9)14(15)18-17-12)19-8-10-5-3-2-4-6-10/h4-15H,16H2,1-3H3;4-10H,1-3H3,(H,20,24);6-11H,1-5H3;2-7H,8H2,1H3,(H,17,18). The van der Waals surface area contributed by atoms with Crippen LogP contribution in [0.5, 0.6) is 11.5 Å². The molecule has 1 aliphatic heterocycles. The van der Waals surface area contributed by atoms with E-state index >= 15 is 0 Å². The van der Waals surface area contributed by atoms with E-state index in [0.29, 0.717) is 18.7 Å². The topological polar surface area (TPSA) is 213 Å². The normalized spacial score (nSPS) is 13.1. The van der Waals surface area contributed by atoms with E-state index in [9.17, 15) is 4.79 Å². The molecule has 95 heavy (non-hydrogen) atoms. The van der Waals surface area contributed by atoms with E-state index in [-0.39, 0.29) is 23.7 Å². The van der Waals surface area contributed by atoms with E-state index in [0.717, 1.165) is 134 Å². The van der Waals surface area contributed by atoms with Gasteiger partial charge in [-0.2, -0.15) is 30.6 Å². The van der Waals surface area contributed by atoms with E-state index in [2.05, 4.69) is 147 Å². The highest BCUT2D eigenvalue weighted by Crippen LogP contribution is 2.38. The number of hydrogen-bond donors (Lipinski definition) is 2. The third-order valence-corrected chi connectivity index (χ3v) is 17.4. The fourth-order valence-electron chi connectivity index (χ4n) is 11.3. The number of fused-ring (bicyclic) bond motifs is 3. The van der Waals surface area contributed by atoms with E-state index in [1.54, 1.807) is 36.4 Å². The quantitative estimate of drug-likeness (QED) is 0.109. The summed E-state index contributed by atoms with van der Waals surface area (Å²) in [5.41, 5.74) is 20.0. The maximum atomic E-state index is 12.3. The van der Waals surface area contributed by atoms with Gasteiger partial charge in [0.05, 0.1) is 33.8 Å². The number of aromatic amines is 2. The number of nitrogens with zero attached hydrogens (tertiary/aromatic N) is 13. The first-order valence-corrected chi connectivity index (χ1v) is 31.9. The molecule has 9 aromatic heterocycles. The molecule has 0 unspecified atom stereocenters. The number of H-pyrrole nitrogens is 2.